The van der Waals surface area contributed by atoms with Crippen molar-refractivity contribution in [2.75, 3.05) is 16.8 Å². The van der Waals surface area contributed by atoms with Crippen LogP contribution in [0.25, 0.3) is 0 Å². The van der Waals surface area contributed by atoms with Crippen LogP contribution in [0, 0.1) is 0 Å². The highest BCUT2D eigenvalue weighted by Gasteiger charge is 2.40. The van der Waals surface area contributed by atoms with Crippen molar-refractivity contribution >= 4 is 17.5 Å². The van der Waals surface area contributed by atoms with Crippen molar-refractivity contribution in [1.82, 2.24) is 0 Å². The van der Waals surface area contributed by atoms with E-state index in [1.807, 2.05) is 55.5 Å². The summed E-state index contributed by atoms with van der Waals surface area (Å²) >= 11 is 0. The van der Waals surface area contributed by atoms with E-state index in [2.05, 4.69) is 48.6 Å². The van der Waals surface area contributed by atoms with Crippen molar-refractivity contribution in [3.05, 3.63) is 96.1 Å². The number of fused-ring (bicyclic) bond motifs is 1. The van der Waals surface area contributed by atoms with Crippen LogP contribution < -0.4 is 10.2 Å². The third kappa shape index (κ3) is 3.70. The Hall–Kier alpha value is -3.27. The summed E-state index contributed by atoms with van der Waals surface area (Å²) in [5, 5.41) is 3.73. The molecular weight excluding hydrogens is 360 g/mol. The molecule has 1 heterocycles. The molecule has 0 aliphatic carbocycles. The number of benzene rings is 3. The van der Waals surface area contributed by atoms with Gasteiger partial charge in [-0.15, -0.1) is 0 Å². The van der Waals surface area contributed by atoms with Gasteiger partial charge in [0.1, 0.15) is 0 Å². The SMILES string of the molecule is CCOC(=O)N1c2ccccc2NC(C)(c2ccccc2)CC1c1ccccc1. The average molecular weight is 386 g/mol. The van der Waals surface area contributed by atoms with E-state index < -0.39 is 0 Å². The van der Waals surface area contributed by atoms with E-state index in [0.29, 0.717) is 13.0 Å². The number of amides is 1. The minimum absolute atomic E-state index is 0.170. The maximum Gasteiger partial charge on any atom is 0.414 e. The van der Waals surface area contributed by atoms with Crippen molar-refractivity contribution < 1.29 is 9.53 Å². The molecule has 4 heteroatoms. The topological polar surface area (TPSA) is 41.6 Å². The first-order valence-corrected chi connectivity index (χ1v) is 10.1. The standard InChI is InChI=1S/C25H26N2O2/c1-3-29-24(28)27-22-17-11-10-16-21(22)26-25(2,20-14-8-5-9-15-20)18-23(27)19-12-6-4-7-13-19/h4-17,23,26H,3,18H2,1-2H3. The summed E-state index contributed by atoms with van der Waals surface area (Å²) in [6.45, 7) is 4.37. The number of para-hydroxylation sites is 2. The highest BCUT2D eigenvalue weighted by molar-refractivity contribution is 5.93. The maximum absolute atomic E-state index is 13.1. The molecular formula is C25H26N2O2. The molecule has 1 aliphatic heterocycles. The Morgan fingerprint density at radius 2 is 1.62 bits per heavy atom. The Labute approximate surface area is 172 Å². The fourth-order valence-electron chi connectivity index (χ4n) is 4.14. The molecule has 148 valence electrons. The Morgan fingerprint density at radius 1 is 1.00 bits per heavy atom. The molecule has 0 aromatic heterocycles. The van der Waals surface area contributed by atoms with E-state index in [-0.39, 0.29) is 17.7 Å². The fourth-order valence-corrected chi connectivity index (χ4v) is 4.14. The molecule has 29 heavy (non-hydrogen) atoms. The minimum Gasteiger partial charge on any atom is -0.449 e. The molecule has 3 aromatic carbocycles. The molecule has 0 radical (unpaired) electrons. The normalized spacial score (nSPS) is 20.9. The van der Waals surface area contributed by atoms with Crippen LogP contribution in [-0.2, 0) is 10.3 Å². The summed E-state index contributed by atoms with van der Waals surface area (Å²) in [6.07, 6.45) is 0.377. The van der Waals surface area contributed by atoms with Crippen LogP contribution in [0.15, 0.2) is 84.9 Å². The zero-order chi connectivity index (χ0) is 20.3. The van der Waals surface area contributed by atoms with Gasteiger partial charge in [-0.1, -0.05) is 72.8 Å². The van der Waals surface area contributed by atoms with Crippen molar-refractivity contribution in [2.45, 2.75) is 31.8 Å². The van der Waals surface area contributed by atoms with Gasteiger partial charge in [-0.3, -0.25) is 4.90 Å². The predicted molar refractivity (Wildman–Crippen MR) is 117 cm³/mol. The van der Waals surface area contributed by atoms with Crippen molar-refractivity contribution in [3.63, 3.8) is 0 Å². The van der Waals surface area contributed by atoms with Gasteiger partial charge in [0, 0.05) is 0 Å². The van der Waals surface area contributed by atoms with Crippen LogP contribution in [-0.4, -0.2) is 12.7 Å². The number of anilines is 2. The highest BCUT2D eigenvalue weighted by atomic mass is 16.6. The van der Waals surface area contributed by atoms with Gasteiger partial charge in [-0.05, 0) is 43.5 Å². The molecule has 4 nitrogen and oxygen atoms in total. The molecule has 0 bridgehead atoms. The molecule has 3 aromatic rings. The van der Waals surface area contributed by atoms with Gasteiger partial charge in [0.05, 0.1) is 29.6 Å². The smallest absolute Gasteiger partial charge is 0.414 e. The largest absolute Gasteiger partial charge is 0.449 e. The summed E-state index contributed by atoms with van der Waals surface area (Å²) in [4.78, 5) is 14.9. The van der Waals surface area contributed by atoms with Crippen LogP contribution in [0.3, 0.4) is 0 Å². The van der Waals surface area contributed by atoms with Gasteiger partial charge in [-0.2, -0.15) is 0 Å². The van der Waals surface area contributed by atoms with E-state index in [0.717, 1.165) is 16.9 Å². The molecule has 2 atom stereocenters. The second-order valence-corrected chi connectivity index (χ2v) is 7.54. The summed E-state index contributed by atoms with van der Waals surface area (Å²) in [5.74, 6) is 0. The molecule has 1 amide bonds. The molecule has 0 saturated carbocycles. The van der Waals surface area contributed by atoms with Crippen LogP contribution in [0.1, 0.15) is 37.4 Å². The van der Waals surface area contributed by atoms with Gasteiger partial charge >= 0.3 is 6.09 Å². The molecule has 0 fully saturated rings. The number of ether oxygens (including phenoxy) is 1. The molecule has 2 unspecified atom stereocenters. The lowest BCUT2D eigenvalue weighted by molar-refractivity contribution is 0.156. The van der Waals surface area contributed by atoms with E-state index in [4.69, 9.17) is 4.74 Å². The highest BCUT2D eigenvalue weighted by Crippen LogP contribution is 2.46. The van der Waals surface area contributed by atoms with Crippen LogP contribution in [0.5, 0.6) is 0 Å². The van der Waals surface area contributed by atoms with E-state index >= 15 is 0 Å². The Balaban J connectivity index is 1.90. The zero-order valence-corrected chi connectivity index (χ0v) is 16.8. The minimum atomic E-state index is -0.362. The lowest BCUT2D eigenvalue weighted by Crippen LogP contribution is -2.38. The monoisotopic (exact) mass is 386 g/mol. The molecule has 4 rings (SSSR count). The Morgan fingerprint density at radius 3 is 2.31 bits per heavy atom. The van der Waals surface area contributed by atoms with Crippen LogP contribution >= 0.6 is 0 Å². The lowest BCUT2D eigenvalue weighted by Gasteiger charge is -2.35. The first kappa shape index (κ1) is 19.1. The quantitative estimate of drug-likeness (QED) is 0.589. The van der Waals surface area contributed by atoms with Crippen LogP contribution in [0.4, 0.5) is 16.2 Å². The number of rotatable bonds is 3. The molecule has 1 N–H and O–H groups in total. The van der Waals surface area contributed by atoms with Gasteiger partial charge in [0.2, 0.25) is 0 Å². The number of carbonyl (C=O) groups is 1. The molecule has 1 aliphatic rings. The summed E-state index contributed by atoms with van der Waals surface area (Å²) in [5.41, 5.74) is 3.66. The second-order valence-electron chi connectivity index (χ2n) is 7.54. The second kappa shape index (κ2) is 8.00. The average Bonchev–Trinajstić information content (AvgIpc) is 2.89. The van der Waals surface area contributed by atoms with Gasteiger partial charge < -0.3 is 10.1 Å². The Bertz CT molecular complexity index is 974. The Kier molecular flexibility index (Phi) is 5.26. The van der Waals surface area contributed by atoms with E-state index in [1.165, 1.54) is 5.56 Å². The predicted octanol–water partition coefficient (Wildman–Crippen LogP) is 6.12. The van der Waals surface area contributed by atoms with Crippen molar-refractivity contribution in [2.24, 2.45) is 0 Å². The lowest BCUT2D eigenvalue weighted by atomic mass is 9.83. The number of carbonyl (C=O) groups excluding carboxylic acids is 1. The number of nitrogens with zero attached hydrogens (tertiary/aromatic N) is 1. The molecule has 0 spiro atoms. The third-order valence-corrected chi connectivity index (χ3v) is 5.55. The summed E-state index contributed by atoms with van der Waals surface area (Å²) < 4.78 is 5.48. The van der Waals surface area contributed by atoms with E-state index in [9.17, 15) is 4.79 Å². The van der Waals surface area contributed by atoms with Crippen molar-refractivity contribution in [3.8, 4) is 0 Å². The number of nitrogens with one attached hydrogen (secondary N) is 1. The van der Waals surface area contributed by atoms with Gasteiger partial charge in [0.25, 0.3) is 0 Å². The number of hydrogen-bond acceptors (Lipinski definition) is 3. The van der Waals surface area contributed by atoms with Gasteiger partial charge in [-0.25, -0.2) is 4.79 Å². The maximum atomic E-state index is 13.1. The third-order valence-electron chi connectivity index (χ3n) is 5.55. The van der Waals surface area contributed by atoms with E-state index in [1.54, 1.807) is 4.90 Å². The van der Waals surface area contributed by atoms with Crippen LogP contribution in [0.2, 0.25) is 0 Å². The summed E-state index contributed by atoms with van der Waals surface area (Å²) in [7, 11) is 0. The van der Waals surface area contributed by atoms with Gasteiger partial charge in [0.15, 0.2) is 0 Å². The van der Waals surface area contributed by atoms with Crippen molar-refractivity contribution in [1.29, 1.82) is 0 Å². The first-order chi connectivity index (χ1) is 14.1. The number of hydrogen-bond donors (Lipinski definition) is 1. The first-order valence-electron chi connectivity index (χ1n) is 10.1. The fraction of sp³-hybridized carbons (Fsp3) is 0.240. The zero-order valence-electron chi connectivity index (χ0n) is 16.8. The summed E-state index contributed by atoms with van der Waals surface area (Å²) in [6, 6.07) is 28.4. The molecule has 0 saturated heterocycles.